The molecule has 0 bridgehead atoms. The van der Waals surface area contributed by atoms with Crippen molar-refractivity contribution in [3.63, 3.8) is 0 Å². The summed E-state index contributed by atoms with van der Waals surface area (Å²) < 4.78 is 6.46. The molecule has 2 N–H and O–H groups in total. The largest absolute Gasteiger partial charge is 0.460 e. The quantitative estimate of drug-likeness (QED) is 0.911. The molecule has 0 radical (unpaired) electrons. The van der Waals surface area contributed by atoms with Crippen LogP contribution in [0.4, 0.5) is 0 Å². The van der Waals surface area contributed by atoms with Crippen LogP contribution in [0.1, 0.15) is 5.76 Å². The molecule has 2 nitrogen and oxygen atoms in total. The Morgan fingerprint density at radius 1 is 1.27 bits per heavy atom. The molecule has 0 aliphatic rings. The topological polar surface area (TPSA) is 39.2 Å². The second-order valence-corrected chi connectivity index (χ2v) is 4.42. The summed E-state index contributed by atoms with van der Waals surface area (Å²) in [5.41, 5.74) is 6.34. The molecule has 2 rings (SSSR count). The van der Waals surface area contributed by atoms with E-state index in [1.165, 1.54) is 0 Å². The van der Waals surface area contributed by atoms with Crippen molar-refractivity contribution in [1.29, 1.82) is 0 Å². The van der Waals surface area contributed by atoms with E-state index in [4.69, 9.17) is 21.8 Å². The minimum absolute atomic E-state index is 0.397. The first kappa shape index (κ1) is 10.7. The minimum Gasteiger partial charge on any atom is -0.460 e. The van der Waals surface area contributed by atoms with Crippen molar-refractivity contribution in [3.8, 4) is 11.3 Å². The van der Waals surface area contributed by atoms with E-state index in [-0.39, 0.29) is 0 Å². The number of furan rings is 1. The molecule has 78 valence electrons. The van der Waals surface area contributed by atoms with Gasteiger partial charge >= 0.3 is 0 Å². The van der Waals surface area contributed by atoms with Crippen LogP contribution in [-0.4, -0.2) is 0 Å². The number of nitrogens with two attached hydrogens (primary N) is 1. The zero-order chi connectivity index (χ0) is 10.8. The molecule has 1 aromatic carbocycles. The lowest BCUT2D eigenvalue weighted by Crippen LogP contribution is -1.92. The summed E-state index contributed by atoms with van der Waals surface area (Å²) in [6, 6.07) is 9.39. The van der Waals surface area contributed by atoms with E-state index in [0.29, 0.717) is 11.6 Å². The van der Waals surface area contributed by atoms with Crippen molar-refractivity contribution in [3.05, 3.63) is 45.6 Å². The van der Waals surface area contributed by atoms with Gasteiger partial charge in [-0.15, -0.1) is 0 Å². The Kier molecular flexibility index (Phi) is 3.14. The highest BCUT2D eigenvalue weighted by molar-refractivity contribution is 9.10. The Morgan fingerprint density at radius 2 is 2.07 bits per heavy atom. The number of hydrogen-bond acceptors (Lipinski definition) is 2. The average molecular weight is 287 g/mol. The first-order valence-corrected chi connectivity index (χ1v) is 5.62. The van der Waals surface area contributed by atoms with Gasteiger partial charge in [0.1, 0.15) is 11.5 Å². The van der Waals surface area contributed by atoms with Gasteiger partial charge in [-0.2, -0.15) is 0 Å². The molecule has 15 heavy (non-hydrogen) atoms. The lowest BCUT2D eigenvalue weighted by molar-refractivity contribution is 0.525. The Hall–Kier alpha value is -0.770. The molecule has 4 heteroatoms. The predicted octanol–water partition coefficient (Wildman–Crippen LogP) is 3.82. The van der Waals surface area contributed by atoms with Crippen molar-refractivity contribution >= 4 is 27.5 Å². The van der Waals surface area contributed by atoms with Crippen LogP contribution in [0.3, 0.4) is 0 Å². The molecule has 2 aromatic rings. The van der Waals surface area contributed by atoms with Crippen LogP contribution in [0, 0.1) is 0 Å². The summed E-state index contributed by atoms with van der Waals surface area (Å²) in [6.07, 6.45) is 0. The third-order valence-corrected chi connectivity index (χ3v) is 2.87. The molecular weight excluding hydrogens is 277 g/mol. The normalized spacial score (nSPS) is 10.6. The van der Waals surface area contributed by atoms with Crippen molar-refractivity contribution in [2.75, 3.05) is 0 Å². The Bertz CT molecular complexity index is 481. The summed E-state index contributed by atoms with van der Waals surface area (Å²) in [5, 5.41) is 0.655. The smallest absolute Gasteiger partial charge is 0.135 e. The first-order chi connectivity index (χ1) is 7.20. The molecule has 0 amide bonds. The van der Waals surface area contributed by atoms with Crippen LogP contribution >= 0.6 is 27.5 Å². The highest BCUT2D eigenvalue weighted by atomic mass is 79.9. The maximum Gasteiger partial charge on any atom is 0.135 e. The van der Waals surface area contributed by atoms with Crippen LogP contribution < -0.4 is 5.73 Å². The van der Waals surface area contributed by atoms with Crippen molar-refractivity contribution in [2.45, 2.75) is 6.54 Å². The van der Waals surface area contributed by atoms with Gasteiger partial charge in [-0.1, -0.05) is 27.5 Å². The maximum absolute atomic E-state index is 6.10. The molecule has 0 atom stereocenters. The molecule has 0 saturated heterocycles. The van der Waals surface area contributed by atoms with Gasteiger partial charge in [0.05, 0.1) is 11.6 Å². The van der Waals surface area contributed by atoms with E-state index in [1.807, 2.05) is 30.3 Å². The highest BCUT2D eigenvalue weighted by Gasteiger charge is 2.08. The van der Waals surface area contributed by atoms with Crippen LogP contribution in [-0.2, 0) is 6.54 Å². The minimum atomic E-state index is 0.397. The SMILES string of the molecule is NCc1ccc(-c2ccc(Br)cc2Cl)o1. The van der Waals surface area contributed by atoms with E-state index in [0.717, 1.165) is 21.6 Å². The van der Waals surface area contributed by atoms with E-state index in [9.17, 15) is 0 Å². The third-order valence-electron chi connectivity index (χ3n) is 2.06. The molecule has 0 unspecified atom stereocenters. The number of hydrogen-bond donors (Lipinski definition) is 1. The van der Waals surface area contributed by atoms with E-state index in [2.05, 4.69) is 15.9 Å². The molecule has 0 aliphatic carbocycles. The van der Waals surface area contributed by atoms with Gasteiger partial charge in [-0.05, 0) is 30.3 Å². The standard InChI is InChI=1S/C11H9BrClNO/c12-7-1-3-9(10(13)5-7)11-4-2-8(6-14)15-11/h1-5H,6,14H2. The Labute approximate surface area is 101 Å². The fraction of sp³-hybridized carbons (Fsp3) is 0.0909. The molecule has 1 heterocycles. The Morgan fingerprint density at radius 3 is 2.67 bits per heavy atom. The summed E-state index contributed by atoms with van der Waals surface area (Å²) in [5.74, 6) is 1.50. The maximum atomic E-state index is 6.10. The molecular formula is C11H9BrClNO. The summed E-state index contributed by atoms with van der Waals surface area (Å²) in [4.78, 5) is 0. The molecule has 0 saturated carbocycles. The molecule has 1 aromatic heterocycles. The fourth-order valence-corrected chi connectivity index (χ4v) is 2.09. The third kappa shape index (κ3) is 2.25. The lowest BCUT2D eigenvalue weighted by Gasteiger charge is -2.01. The van der Waals surface area contributed by atoms with Crippen molar-refractivity contribution in [2.24, 2.45) is 5.73 Å². The summed E-state index contributed by atoms with van der Waals surface area (Å²) in [7, 11) is 0. The monoisotopic (exact) mass is 285 g/mol. The molecule has 0 aliphatic heterocycles. The van der Waals surface area contributed by atoms with Crippen LogP contribution in [0.15, 0.2) is 39.2 Å². The van der Waals surface area contributed by atoms with Gasteiger partial charge in [0, 0.05) is 10.0 Å². The van der Waals surface area contributed by atoms with Gasteiger partial charge in [0.15, 0.2) is 0 Å². The predicted molar refractivity (Wildman–Crippen MR) is 64.7 cm³/mol. The van der Waals surface area contributed by atoms with Crippen molar-refractivity contribution < 1.29 is 4.42 Å². The summed E-state index contributed by atoms with van der Waals surface area (Å²) in [6.45, 7) is 0.397. The zero-order valence-electron chi connectivity index (χ0n) is 7.84. The van der Waals surface area contributed by atoms with Crippen LogP contribution in [0.5, 0.6) is 0 Å². The number of benzene rings is 1. The molecule has 0 fully saturated rings. The van der Waals surface area contributed by atoms with E-state index < -0.39 is 0 Å². The van der Waals surface area contributed by atoms with E-state index >= 15 is 0 Å². The number of halogens is 2. The van der Waals surface area contributed by atoms with Crippen molar-refractivity contribution in [1.82, 2.24) is 0 Å². The lowest BCUT2D eigenvalue weighted by atomic mass is 10.2. The second-order valence-electron chi connectivity index (χ2n) is 3.09. The Balaban J connectivity index is 2.44. The summed E-state index contributed by atoms with van der Waals surface area (Å²) >= 11 is 9.45. The number of rotatable bonds is 2. The molecule has 0 spiro atoms. The van der Waals surface area contributed by atoms with E-state index in [1.54, 1.807) is 0 Å². The van der Waals surface area contributed by atoms with Gasteiger partial charge < -0.3 is 10.2 Å². The van der Waals surface area contributed by atoms with Crippen LogP contribution in [0.2, 0.25) is 5.02 Å². The average Bonchev–Trinajstić information content (AvgIpc) is 2.66. The van der Waals surface area contributed by atoms with Gasteiger partial charge in [0.25, 0.3) is 0 Å². The zero-order valence-corrected chi connectivity index (χ0v) is 10.2. The van der Waals surface area contributed by atoms with Gasteiger partial charge in [-0.25, -0.2) is 0 Å². The van der Waals surface area contributed by atoms with Gasteiger partial charge in [-0.3, -0.25) is 0 Å². The first-order valence-electron chi connectivity index (χ1n) is 4.45. The second kappa shape index (κ2) is 4.39. The highest BCUT2D eigenvalue weighted by Crippen LogP contribution is 2.31. The fourth-order valence-electron chi connectivity index (χ4n) is 1.32. The van der Waals surface area contributed by atoms with Crippen LogP contribution in [0.25, 0.3) is 11.3 Å². The van der Waals surface area contributed by atoms with Gasteiger partial charge in [0.2, 0.25) is 0 Å².